The number of nitrogens with two attached hydrogens (primary N) is 1. The lowest BCUT2D eigenvalue weighted by molar-refractivity contribution is 0.0322. The standard InChI is InChI=1S/C20H23N5O2/c1-2-17-8-7-16(12-23-17)19(26)24-11-14-3-5-15(6-4-14)13-27-20-22-10-9-18(21)25-20/h3-10,12,20,22H,2,11,13H2,1H3,(H2,21,25)(H,24,26). The molecule has 0 fully saturated rings. The van der Waals surface area contributed by atoms with Gasteiger partial charge in [0.05, 0.1) is 12.2 Å². The van der Waals surface area contributed by atoms with E-state index in [1.54, 1.807) is 24.5 Å². The van der Waals surface area contributed by atoms with Crippen LogP contribution in [0.3, 0.4) is 0 Å². The van der Waals surface area contributed by atoms with Crippen LogP contribution >= 0.6 is 0 Å². The van der Waals surface area contributed by atoms with Crippen molar-refractivity contribution in [2.24, 2.45) is 10.7 Å². The van der Waals surface area contributed by atoms with Gasteiger partial charge in [-0.05, 0) is 35.8 Å². The molecule has 4 N–H and O–H groups in total. The van der Waals surface area contributed by atoms with E-state index in [0.29, 0.717) is 24.6 Å². The predicted molar refractivity (Wildman–Crippen MR) is 104 cm³/mol. The molecule has 7 nitrogen and oxygen atoms in total. The second kappa shape index (κ2) is 8.95. The zero-order chi connectivity index (χ0) is 19.1. The van der Waals surface area contributed by atoms with Crippen LogP contribution in [0.2, 0.25) is 0 Å². The molecule has 0 radical (unpaired) electrons. The fourth-order valence-electron chi connectivity index (χ4n) is 2.50. The maximum Gasteiger partial charge on any atom is 0.253 e. The summed E-state index contributed by atoms with van der Waals surface area (Å²) in [7, 11) is 0. The van der Waals surface area contributed by atoms with Crippen molar-refractivity contribution >= 4 is 11.7 Å². The number of amidine groups is 1. The lowest BCUT2D eigenvalue weighted by Crippen LogP contribution is -2.31. The van der Waals surface area contributed by atoms with Gasteiger partial charge in [0.15, 0.2) is 0 Å². The summed E-state index contributed by atoms with van der Waals surface area (Å²) >= 11 is 0. The van der Waals surface area contributed by atoms with Crippen molar-refractivity contribution in [2.75, 3.05) is 0 Å². The van der Waals surface area contributed by atoms with Gasteiger partial charge in [-0.15, -0.1) is 0 Å². The normalized spacial score (nSPS) is 15.7. The number of rotatable bonds is 7. The molecular weight excluding hydrogens is 342 g/mol. The van der Waals surface area contributed by atoms with E-state index in [0.717, 1.165) is 23.2 Å². The van der Waals surface area contributed by atoms with E-state index in [-0.39, 0.29) is 5.91 Å². The third-order valence-electron chi connectivity index (χ3n) is 4.09. The Kier molecular flexibility index (Phi) is 6.17. The summed E-state index contributed by atoms with van der Waals surface area (Å²) in [5, 5.41) is 5.87. The number of pyridine rings is 1. The quantitative estimate of drug-likeness (QED) is 0.695. The van der Waals surface area contributed by atoms with Crippen LogP contribution in [0.1, 0.15) is 34.1 Å². The molecule has 1 aromatic heterocycles. The number of nitrogens with one attached hydrogen (secondary N) is 2. The van der Waals surface area contributed by atoms with E-state index in [1.807, 2.05) is 37.3 Å². The van der Waals surface area contributed by atoms with Crippen LogP contribution in [-0.4, -0.2) is 23.1 Å². The summed E-state index contributed by atoms with van der Waals surface area (Å²) in [6.45, 7) is 2.89. The average Bonchev–Trinajstić information content (AvgIpc) is 2.71. The second-order valence-corrected chi connectivity index (χ2v) is 6.11. The topological polar surface area (TPSA) is 102 Å². The predicted octanol–water partition coefficient (Wildman–Crippen LogP) is 1.85. The van der Waals surface area contributed by atoms with Gasteiger partial charge in [-0.3, -0.25) is 9.78 Å². The largest absolute Gasteiger partial charge is 0.384 e. The molecule has 0 saturated heterocycles. The van der Waals surface area contributed by atoms with Crippen LogP contribution in [0, 0.1) is 0 Å². The molecule has 1 atom stereocenters. The zero-order valence-electron chi connectivity index (χ0n) is 15.2. The molecule has 2 aromatic rings. The minimum absolute atomic E-state index is 0.135. The molecule has 0 saturated carbocycles. The number of aryl methyl sites for hydroxylation is 1. The molecule has 1 unspecified atom stereocenters. The lowest BCUT2D eigenvalue weighted by Gasteiger charge is -2.17. The first-order chi connectivity index (χ1) is 13.1. The maximum absolute atomic E-state index is 12.2. The molecule has 0 spiro atoms. The number of amides is 1. The summed E-state index contributed by atoms with van der Waals surface area (Å²) in [5.74, 6) is 0.300. The van der Waals surface area contributed by atoms with Crippen LogP contribution in [0.15, 0.2) is 59.9 Å². The molecule has 1 aliphatic heterocycles. The van der Waals surface area contributed by atoms with Crippen molar-refractivity contribution in [2.45, 2.75) is 32.8 Å². The molecule has 0 bridgehead atoms. The Bertz CT molecular complexity index is 828. The Labute approximate surface area is 158 Å². The summed E-state index contributed by atoms with van der Waals surface area (Å²) < 4.78 is 5.65. The highest BCUT2D eigenvalue weighted by Gasteiger charge is 2.09. The first kappa shape index (κ1) is 18.6. The number of aromatic nitrogens is 1. The molecule has 27 heavy (non-hydrogen) atoms. The summed E-state index contributed by atoms with van der Waals surface area (Å²) in [5.41, 5.74) is 9.18. The molecule has 140 valence electrons. The third-order valence-corrected chi connectivity index (χ3v) is 4.09. The van der Waals surface area contributed by atoms with Gasteiger partial charge in [-0.2, -0.15) is 0 Å². The minimum atomic E-state index is -0.471. The second-order valence-electron chi connectivity index (χ2n) is 6.11. The SMILES string of the molecule is CCc1ccc(C(=O)NCc2ccc(COC3N=C(N)C=CN3)cc2)cn1. The fourth-order valence-corrected chi connectivity index (χ4v) is 2.50. The average molecular weight is 365 g/mol. The van der Waals surface area contributed by atoms with Gasteiger partial charge >= 0.3 is 0 Å². The highest BCUT2D eigenvalue weighted by Crippen LogP contribution is 2.08. The smallest absolute Gasteiger partial charge is 0.253 e. The highest BCUT2D eigenvalue weighted by molar-refractivity contribution is 5.93. The number of hydrogen-bond donors (Lipinski definition) is 3. The Hall–Kier alpha value is -3.19. The Balaban J connectivity index is 1.47. The molecular formula is C20H23N5O2. The van der Waals surface area contributed by atoms with Crippen molar-refractivity contribution in [3.8, 4) is 0 Å². The first-order valence-corrected chi connectivity index (χ1v) is 8.82. The van der Waals surface area contributed by atoms with Crippen LogP contribution in [0.5, 0.6) is 0 Å². The van der Waals surface area contributed by atoms with Crippen molar-refractivity contribution in [3.63, 3.8) is 0 Å². The summed E-state index contributed by atoms with van der Waals surface area (Å²) in [6.07, 6.45) is 5.38. The third kappa shape index (κ3) is 5.39. The lowest BCUT2D eigenvalue weighted by atomic mass is 10.1. The first-order valence-electron chi connectivity index (χ1n) is 8.82. The van der Waals surface area contributed by atoms with Gasteiger partial charge in [-0.25, -0.2) is 4.99 Å². The zero-order valence-corrected chi connectivity index (χ0v) is 15.2. The van der Waals surface area contributed by atoms with E-state index < -0.39 is 6.35 Å². The Morgan fingerprint density at radius 3 is 2.67 bits per heavy atom. The summed E-state index contributed by atoms with van der Waals surface area (Å²) in [4.78, 5) is 20.6. The Morgan fingerprint density at radius 2 is 2.00 bits per heavy atom. The molecule has 1 amide bonds. The van der Waals surface area contributed by atoms with E-state index in [2.05, 4.69) is 20.6 Å². The van der Waals surface area contributed by atoms with E-state index in [1.165, 1.54) is 0 Å². The molecule has 7 heteroatoms. The fraction of sp³-hybridized carbons (Fsp3) is 0.250. The number of benzene rings is 1. The molecule has 1 aliphatic rings. The maximum atomic E-state index is 12.2. The minimum Gasteiger partial charge on any atom is -0.384 e. The molecule has 3 rings (SSSR count). The van der Waals surface area contributed by atoms with Crippen molar-refractivity contribution in [3.05, 3.63) is 77.3 Å². The van der Waals surface area contributed by atoms with Gasteiger partial charge in [0.2, 0.25) is 6.35 Å². The summed E-state index contributed by atoms with van der Waals surface area (Å²) in [6, 6.07) is 11.5. The van der Waals surface area contributed by atoms with Crippen LogP contribution in [0.4, 0.5) is 0 Å². The van der Waals surface area contributed by atoms with Crippen molar-refractivity contribution in [1.82, 2.24) is 15.6 Å². The monoisotopic (exact) mass is 365 g/mol. The van der Waals surface area contributed by atoms with E-state index in [4.69, 9.17) is 10.5 Å². The number of ether oxygens (including phenoxy) is 1. The molecule has 1 aromatic carbocycles. The van der Waals surface area contributed by atoms with E-state index in [9.17, 15) is 4.79 Å². The molecule has 2 heterocycles. The number of carbonyl (C=O) groups excluding carboxylic acids is 1. The van der Waals surface area contributed by atoms with Crippen LogP contribution in [-0.2, 0) is 24.3 Å². The van der Waals surface area contributed by atoms with Gasteiger partial charge in [0.1, 0.15) is 5.84 Å². The van der Waals surface area contributed by atoms with Crippen LogP contribution in [0.25, 0.3) is 0 Å². The molecule has 0 aliphatic carbocycles. The van der Waals surface area contributed by atoms with Crippen LogP contribution < -0.4 is 16.4 Å². The number of carbonyl (C=O) groups is 1. The van der Waals surface area contributed by atoms with Crippen molar-refractivity contribution in [1.29, 1.82) is 0 Å². The number of hydrogen-bond acceptors (Lipinski definition) is 6. The van der Waals surface area contributed by atoms with E-state index >= 15 is 0 Å². The van der Waals surface area contributed by atoms with Gasteiger partial charge in [0.25, 0.3) is 5.91 Å². The number of aliphatic imine (C=N–C) groups is 1. The van der Waals surface area contributed by atoms with Crippen molar-refractivity contribution < 1.29 is 9.53 Å². The highest BCUT2D eigenvalue weighted by atomic mass is 16.5. The van der Waals surface area contributed by atoms with Gasteiger partial charge in [-0.1, -0.05) is 31.2 Å². The van der Waals surface area contributed by atoms with Gasteiger partial charge < -0.3 is 21.1 Å². The Morgan fingerprint density at radius 1 is 1.22 bits per heavy atom. The van der Waals surface area contributed by atoms with Gasteiger partial charge in [0, 0.05) is 24.6 Å². The number of nitrogens with zero attached hydrogens (tertiary/aromatic N) is 2.